The number of hydrogen-bond acceptors (Lipinski definition) is 3. The molecule has 0 aliphatic rings. The predicted molar refractivity (Wildman–Crippen MR) is 35.2 cm³/mol. The Hall–Kier alpha value is -0.610. The highest BCUT2D eigenvalue weighted by Gasteiger charge is 1.88. The van der Waals surface area contributed by atoms with E-state index in [1.807, 2.05) is 5.38 Å². The van der Waals surface area contributed by atoms with Crippen molar-refractivity contribution >= 4 is 11.3 Å². The quantitative estimate of drug-likeness (QED) is 0.604. The molecule has 0 bridgehead atoms. The molecule has 3 nitrogen and oxygen atoms in total. The monoisotopic (exact) mass is 144 g/mol. The van der Waals surface area contributed by atoms with E-state index in [1.54, 1.807) is 10.8 Å². The van der Waals surface area contributed by atoms with Gasteiger partial charge in [0.25, 0.3) is 0 Å². The largest absolute Gasteiger partial charge is 0.395 e. The molecule has 2 N–H and O–H groups in total. The van der Waals surface area contributed by atoms with E-state index in [2.05, 4.69) is 0 Å². The van der Waals surface area contributed by atoms with Crippen molar-refractivity contribution in [3.63, 3.8) is 0 Å². The Kier molecular flexibility index (Phi) is 2.02. The number of nitrogens with zero attached hydrogens (tertiary/aromatic N) is 1. The Morgan fingerprint density at radius 3 is 3.00 bits per heavy atom. The van der Waals surface area contributed by atoms with Crippen molar-refractivity contribution < 1.29 is 5.11 Å². The lowest BCUT2D eigenvalue weighted by Gasteiger charge is -1.94. The molecular formula is C5H8N2OS. The molecule has 1 aromatic rings. The molecule has 0 aliphatic carbocycles. The fourth-order valence-corrected chi connectivity index (χ4v) is 1.21. The van der Waals surface area contributed by atoms with Gasteiger partial charge in [-0.25, -0.2) is 0 Å². The minimum atomic E-state index is 0.104. The van der Waals surface area contributed by atoms with Crippen LogP contribution in [0.2, 0.25) is 0 Å². The second-order valence-corrected chi connectivity index (χ2v) is 2.52. The Bertz CT molecular complexity index is 227. The van der Waals surface area contributed by atoms with Gasteiger partial charge in [0, 0.05) is 18.1 Å². The summed E-state index contributed by atoms with van der Waals surface area (Å²) in [6.45, 7) is 0.635. The molecule has 0 fully saturated rings. The molecule has 9 heavy (non-hydrogen) atoms. The summed E-state index contributed by atoms with van der Waals surface area (Å²) in [5.41, 5.74) is 0. The van der Waals surface area contributed by atoms with Crippen LogP contribution in [0.4, 0.5) is 0 Å². The fourth-order valence-electron chi connectivity index (χ4n) is 0.588. The van der Waals surface area contributed by atoms with Crippen LogP contribution in [0.5, 0.6) is 0 Å². The van der Waals surface area contributed by atoms with Gasteiger partial charge in [-0.05, 0) is 0 Å². The van der Waals surface area contributed by atoms with Gasteiger partial charge in [-0.1, -0.05) is 0 Å². The van der Waals surface area contributed by atoms with Crippen molar-refractivity contribution in [2.75, 3.05) is 6.61 Å². The highest BCUT2D eigenvalue weighted by Crippen LogP contribution is 1.86. The second-order valence-electron chi connectivity index (χ2n) is 1.63. The van der Waals surface area contributed by atoms with Crippen LogP contribution >= 0.6 is 11.3 Å². The predicted octanol–water partition coefficient (Wildman–Crippen LogP) is 0.0214. The number of hydrogen-bond donors (Lipinski definition) is 2. The van der Waals surface area contributed by atoms with Gasteiger partial charge in [0.05, 0.1) is 6.61 Å². The summed E-state index contributed by atoms with van der Waals surface area (Å²) in [5, 5.41) is 17.5. The number of aliphatic hydroxyl groups excluding tert-OH is 1. The third-order valence-electron chi connectivity index (χ3n) is 1.02. The lowest BCUT2D eigenvalue weighted by molar-refractivity contribution is 0.274. The van der Waals surface area contributed by atoms with Crippen LogP contribution in [0.1, 0.15) is 0 Å². The lowest BCUT2D eigenvalue weighted by atomic mass is 10.7. The zero-order chi connectivity index (χ0) is 6.69. The van der Waals surface area contributed by atoms with Crippen molar-refractivity contribution in [1.29, 1.82) is 5.41 Å². The van der Waals surface area contributed by atoms with E-state index < -0.39 is 0 Å². The molecule has 0 atom stereocenters. The van der Waals surface area contributed by atoms with Gasteiger partial charge >= 0.3 is 0 Å². The van der Waals surface area contributed by atoms with Gasteiger partial charge in [0.1, 0.15) is 0 Å². The summed E-state index contributed by atoms with van der Waals surface area (Å²) in [7, 11) is 0. The summed E-state index contributed by atoms with van der Waals surface area (Å²) >= 11 is 1.36. The molecule has 0 unspecified atom stereocenters. The van der Waals surface area contributed by atoms with Crippen molar-refractivity contribution in [3.8, 4) is 0 Å². The molecule has 0 saturated carbocycles. The summed E-state index contributed by atoms with van der Waals surface area (Å²) in [6.07, 6.45) is 1.79. The molecule has 0 amide bonds. The number of aromatic nitrogens is 1. The van der Waals surface area contributed by atoms with Crippen LogP contribution in [0.15, 0.2) is 11.6 Å². The maximum Gasteiger partial charge on any atom is 0.181 e. The van der Waals surface area contributed by atoms with E-state index in [9.17, 15) is 0 Å². The average Bonchev–Trinajstić information content (AvgIpc) is 2.18. The number of nitrogens with one attached hydrogen (secondary N) is 1. The molecule has 50 valence electrons. The van der Waals surface area contributed by atoms with Gasteiger partial charge in [0.15, 0.2) is 4.80 Å². The van der Waals surface area contributed by atoms with Crippen molar-refractivity contribution in [1.82, 2.24) is 4.57 Å². The lowest BCUT2D eigenvalue weighted by Crippen LogP contribution is -2.13. The van der Waals surface area contributed by atoms with E-state index in [4.69, 9.17) is 10.5 Å². The van der Waals surface area contributed by atoms with Crippen LogP contribution in [0, 0.1) is 5.41 Å². The zero-order valence-corrected chi connectivity index (χ0v) is 5.69. The minimum absolute atomic E-state index is 0.104. The molecule has 0 aromatic carbocycles. The van der Waals surface area contributed by atoms with Crippen LogP contribution in [0.3, 0.4) is 0 Å². The standard InChI is InChI=1S/C5H8N2OS/c6-5-7(1-3-8)2-4-9-5/h2,4,6,8H,1,3H2. The van der Waals surface area contributed by atoms with Crippen molar-refractivity contribution in [2.24, 2.45) is 0 Å². The van der Waals surface area contributed by atoms with Crippen LogP contribution in [-0.4, -0.2) is 16.3 Å². The first kappa shape index (κ1) is 6.51. The molecule has 1 heterocycles. The Morgan fingerprint density at radius 1 is 1.78 bits per heavy atom. The van der Waals surface area contributed by atoms with Gasteiger partial charge in [-0.2, -0.15) is 0 Å². The molecule has 4 heteroatoms. The third kappa shape index (κ3) is 1.40. The smallest absolute Gasteiger partial charge is 0.181 e. The van der Waals surface area contributed by atoms with Crippen LogP contribution in [0.25, 0.3) is 0 Å². The Labute approximate surface area is 56.7 Å². The maximum atomic E-state index is 8.46. The first-order valence-corrected chi connectivity index (χ1v) is 3.52. The molecule has 0 radical (unpaired) electrons. The van der Waals surface area contributed by atoms with E-state index in [0.29, 0.717) is 11.3 Å². The van der Waals surface area contributed by atoms with Crippen molar-refractivity contribution in [2.45, 2.75) is 6.54 Å². The second kappa shape index (κ2) is 2.80. The van der Waals surface area contributed by atoms with Crippen LogP contribution < -0.4 is 4.80 Å². The molecule has 1 aromatic heterocycles. The number of thiazole rings is 1. The summed E-state index contributed by atoms with van der Waals surface area (Å²) in [4.78, 5) is 0.490. The summed E-state index contributed by atoms with van der Waals surface area (Å²) in [5.74, 6) is 0. The molecule has 0 aliphatic heterocycles. The normalized spacial score (nSPS) is 9.89. The first-order valence-electron chi connectivity index (χ1n) is 2.64. The van der Waals surface area contributed by atoms with E-state index >= 15 is 0 Å². The van der Waals surface area contributed by atoms with Gasteiger partial charge < -0.3 is 9.67 Å². The maximum absolute atomic E-state index is 8.46. The third-order valence-corrected chi connectivity index (χ3v) is 1.74. The minimum Gasteiger partial charge on any atom is -0.395 e. The molecule has 0 saturated heterocycles. The highest BCUT2D eigenvalue weighted by molar-refractivity contribution is 7.06. The fraction of sp³-hybridized carbons (Fsp3) is 0.400. The van der Waals surface area contributed by atoms with Gasteiger partial charge in [0.2, 0.25) is 0 Å². The SMILES string of the molecule is N=c1sccn1CCO. The molecule has 1 rings (SSSR count). The summed E-state index contributed by atoms with van der Waals surface area (Å²) < 4.78 is 1.70. The number of aliphatic hydroxyl groups is 1. The van der Waals surface area contributed by atoms with Crippen LogP contribution in [-0.2, 0) is 6.54 Å². The van der Waals surface area contributed by atoms with Gasteiger partial charge in [-0.15, -0.1) is 11.3 Å². The average molecular weight is 144 g/mol. The molecular weight excluding hydrogens is 136 g/mol. The Morgan fingerprint density at radius 2 is 2.56 bits per heavy atom. The topological polar surface area (TPSA) is 49.0 Å². The van der Waals surface area contributed by atoms with E-state index in [0.717, 1.165) is 0 Å². The summed E-state index contributed by atoms with van der Waals surface area (Å²) in [6, 6.07) is 0. The molecule has 0 spiro atoms. The Balaban J connectivity index is 2.81. The van der Waals surface area contributed by atoms with E-state index in [1.165, 1.54) is 11.3 Å². The van der Waals surface area contributed by atoms with Crippen molar-refractivity contribution in [3.05, 3.63) is 16.4 Å². The number of rotatable bonds is 2. The van der Waals surface area contributed by atoms with Gasteiger partial charge in [-0.3, -0.25) is 5.41 Å². The van der Waals surface area contributed by atoms with E-state index in [-0.39, 0.29) is 6.61 Å². The highest BCUT2D eigenvalue weighted by atomic mass is 32.1. The zero-order valence-electron chi connectivity index (χ0n) is 4.87. The first-order chi connectivity index (χ1) is 4.34.